The first-order valence-electron chi connectivity index (χ1n) is 5.83. The zero-order chi connectivity index (χ0) is 13.8. The fourth-order valence-electron chi connectivity index (χ4n) is 1.77. The minimum Gasteiger partial charge on any atom is -0.439 e. The quantitative estimate of drug-likeness (QED) is 0.928. The summed E-state index contributed by atoms with van der Waals surface area (Å²) < 4.78 is 19.5. The maximum atomic E-state index is 13.3. The second-order valence-electron chi connectivity index (χ2n) is 4.19. The third kappa shape index (κ3) is 4.01. The normalized spacial score (nSPS) is 10.5. The Morgan fingerprint density at radius 1 is 1.26 bits per heavy atom. The zero-order valence-corrected chi connectivity index (χ0v) is 12.3. The SMILES string of the molecule is CNCc1cc(C)nc(Oc2cc(F)cc(Br)c2)c1. The molecular weight excluding hydrogens is 311 g/mol. The van der Waals surface area contributed by atoms with Crippen LogP contribution in [0.4, 0.5) is 4.39 Å². The van der Waals surface area contributed by atoms with E-state index in [-0.39, 0.29) is 5.82 Å². The van der Waals surface area contributed by atoms with Gasteiger partial charge in [-0.15, -0.1) is 0 Å². The standard InChI is InChI=1S/C14H14BrFN2O/c1-9-3-10(8-17-2)4-14(18-9)19-13-6-11(15)5-12(16)7-13/h3-7,17H,8H2,1-2H3. The van der Waals surface area contributed by atoms with Crippen LogP contribution in [0.5, 0.6) is 11.6 Å². The number of hydrogen-bond donors (Lipinski definition) is 1. The smallest absolute Gasteiger partial charge is 0.219 e. The van der Waals surface area contributed by atoms with Gasteiger partial charge in [0.1, 0.15) is 11.6 Å². The largest absolute Gasteiger partial charge is 0.439 e. The monoisotopic (exact) mass is 324 g/mol. The van der Waals surface area contributed by atoms with E-state index in [1.807, 2.05) is 26.1 Å². The highest BCUT2D eigenvalue weighted by molar-refractivity contribution is 9.10. The van der Waals surface area contributed by atoms with Crippen LogP contribution in [0, 0.1) is 12.7 Å². The van der Waals surface area contributed by atoms with Crippen LogP contribution >= 0.6 is 15.9 Å². The lowest BCUT2D eigenvalue weighted by Gasteiger charge is -2.08. The summed E-state index contributed by atoms with van der Waals surface area (Å²) >= 11 is 3.23. The second-order valence-corrected chi connectivity index (χ2v) is 5.11. The highest BCUT2D eigenvalue weighted by Gasteiger charge is 2.05. The molecule has 2 rings (SSSR count). The number of nitrogens with zero attached hydrogens (tertiary/aromatic N) is 1. The van der Waals surface area contributed by atoms with Gasteiger partial charge in [0.05, 0.1) is 0 Å². The van der Waals surface area contributed by atoms with Crippen LogP contribution in [0.25, 0.3) is 0 Å². The van der Waals surface area contributed by atoms with Crippen molar-refractivity contribution in [2.24, 2.45) is 0 Å². The summed E-state index contributed by atoms with van der Waals surface area (Å²) in [7, 11) is 1.87. The molecule has 5 heteroatoms. The fraction of sp³-hybridized carbons (Fsp3) is 0.214. The molecule has 0 aliphatic rings. The number of halogens is 2. The molecule has 0 amide bonds. The molecular formula is C14H14BrFN2O. The molecule has 1 aromatic heterocycles. The number of ether oxygens (including phenoxy) is 1. The molecule has 100 valence electrons. The molecule has 1 heterocycles. The predicted octanol–water partition coefficient (Wildman–Crippen LogP) is 3.80. The van der Waals surface area contributed by atoms with Gasteiger partial charge < -0.3 is 10.1 Å². The van der Waals surface area contributed by atoms with Crippen LogP contribution in [0.3, 0.4) is 0 Å². The number of nitrogens with one attached hydrogen (secondary N) is 1. The Morgan fingerprint density at radius 2 is 2.05 bits per heavy atom. The van der Waals surface area contributed by atoms with Crippen LogP contribution in [0.2, 0.25) is 0 Å². The maximum Gasteiger partial charge on any atom is 0.219 e. The van der Waals surface area contributed by atoms with Crippen molar-refractivity contribution in [1.82, 2.24) is 10.3 Å². The first-order valence-corrected chi connectivity index (χ1v) is 6.62. The van der Waals surface area contributed by atoms with Gasteiger partial charge in [0.15, 0.2) is 0 Å². The summed E-state index contributed by atoms with van der Waals surface area (Å²) in [5.74, 6) is 0.524. The van der Waals surface area contributed by atoms with E-state index in [0.29, 0.717) is 16.1 Å². The van der Waals surface area contributed by atoms with Gasteiger partial charge in [-0.1, -0.05) is 15.9 Å². The molecule has 0 spiro atoms. The topological polar surface area (TPSA) is 34.2 Å². The molecule has 19 heavy (non-hydrogen) atoms. The summed E-state index contributed by atoms with van der Waals surface area (Å²) in [6.45, 7) is 2.63. The van der Waals surface area contributed by atoms with E-state index in [4.69, 9.17) is 4.74 Å². The lowest BCUT2D eigenvalue weighted by atomic mass is 10.2. The summed E-state index contributed by atoms with van der Waals surface area (Å²) in [5, 5.41) is 3.07. The number of pyridine rings is 1. The van der Waals surface area contributed by atoms with Gasteiger partial charge in [-0.2, -0.15) is 0 Å². The van der Waals surface area contributed by atoms with Gasteiger partial charge >= 0.3 is 0 Å². The molecule has 1 aromatic carbocycles. The first-order chi connectivity index (χ1) is 9.06. The zero-order valence-electron chi connectivity index (χ0n) is 10.7. The van der Waals surface area contributed by atoms with E-state index in [9.17, 15) is 4.39 Å². The van der Waals surface area contributed by atoms with Gasteiger partial charge in [-0.3, -0.25) is 0 Å². The average molecular weight is 325 g/mol. The van der Waals surface area contributed by atoms with Gasteiger partial charge in [0.2, 0.25) is 5.88 Å². The van der Waals surface area contributed by atoms with Gasteiger partial charge in [-0.25, -0.2) is 9.37 Å². The van der Waals surface area contributed by atoms with Crippen molar-refractivity contribution in [3.63, 3.8) is 0 Å². The van der Waals surface area contributed by atoms with Crippen molar-refractivity contribution < 1.29 is 9.13 Å². The fourth-order valence-corrected chi connectivity index (χ4v) is 2.22. The van der Waals surface area contributed by atoms with Crippen molar-refractivity contribution in [1.29, 1.82) is 0 Å². The molecule has 1 N–H and O–H groups in total. The van der Waals surface area contributed by atoms with Crippen molar-refractivity contribution in [2.75, 3.05) is 7.05 Å². The molecule has 0 unspecified atom stereocenters. The van der Waals surface area contributed by atoms with Crippen LogP contribution in [0.15, 0.2) is 34.8 Å². The van der Waals surface area contributed by atoms with E-state index in [0.717, 1.165) is 17.8 Å². The van der Waals surface area contributed by atoms with Crippen LogP contribution in [-0.2, 0) is 6.54 Å². The molecule has 2 aromatic rings. The third-order valence-electron chi connectivity index (χ3n) is 2.43. The van der Waals surface area contributed by atoms with E-state index in [1.165, 1.54) is 12.1 Å². The summed E-state index contributed by atoms with van der Waals surface area (Å²) in [6, 6.07) is 8.22. The first kappa shape index (κ1) is 14.0. The number of aromatic nitrogens is 1. The Bertz CT molecular complexity index is 569. The molecule has 0 fully saturated rings. The van der Waals surface area contributed by atoms with E-state index in [2.05, 4.69) is 26.2 Å². The number of benzene rings is 1. The van der Waals surface area contributed by atoms with Crippen LogP contribution < -0.4 is 10.1 Å². The predicted molar refractivity (Wildman–Crippen MR) is 75.9 cm³/mol. The molecule has 0 aliphatic heterocycles. The van der Waals surface area contributed by atoms with Crippen LogP contribution in [0.1, 0.15) is 11.3 Å². The average Bonchev–Trinajstić information content (AvgIpc) is 2.26. The lowest BCUT2D eigenvalue weighted by Crippen LogP contribution is -2.06. The minimum atomic E-state index is -0.354. The van der Waals surface area contributed by atoms with Gasteiger partial charge in [0.25, 0.3) is 0 Å². The Kier molecular flexibility index (Phi) is 4.50. The van der Waals surface area contributed by atoms with E-state index < -0.39 is 0 Å². The number of hydrogen-bond acceptors (Lipinski definition) is 3. The molecule has 0 saturated carbocycles. The Balaban J connectivity index is 2.27. The minimum absolute atomic E-state index is 0.354. The molecule has 0 atom stereocenters. The summed E-state index contributed by atoms with van der Waals surface area (Å²) in [4.78, 5) is 4.28. The second kappa shape index (κ2) is 6.12. The number of rotatable bonds is 4. The van der Waals surface area contributed by atoms with Crippen molar-refractivity contribution >= 4 is 15.9 Å². The Morgan fingerprint density at radius 3 is 2.74 bits per heavy atom. The van der Waals surface area contributed by atoms with Crippen molar-refractivity contribution in [2.45, 2.75) is 13.5 Å². The van der Waals surface area contributed by atoms with Crippen molar-refractivity contribution in [3.05, 3.63) is 51.9 Å². The van der Waals surface area contributed by atoms with Gasteiger partial charge in [0, 0.05) is 28.8 Å². The highest BCUT2D eigenvalue weighted by atomic mass is 79.9. The Hall–Kier alpha value is -1.46. The van der Waals surface area contributed by atoms with Gasteiger partial charge in [-0.05, 0) is 37.7 Å². The van der Waals surface area contributed by atoms with E-state index in [1.54, 1.807) is 6.07 Å². The van der Waals surface area contributed by atoms with E-state index >= 15 is 0 Å². The molecule has 0 aliphatic carbocycles. The van der Waals surface area contributed by atoms with Crippen LogP contribution in [-0.4, -0.2) is 12.0 Å². The molecule has 0 saturated heterocycles. The highest BCUT2D eigenvalue weighted by Crippen LogP contribution is 2.25. The molecule has 3 nitrogen and oxygen atoms in total. The van der Waals surface area contributed by atoms with Crippen molar-refractivity contribution in [3.8, 4) is 11.6 Å². The summed E-state index contributed by atoms with van der Waals surface area (Å²) in [6.07, 6.45) is 0. The number of aryl methyl sites for hydroxylation is 1. The Labute approximate surface area is 119 Å². The summed E-state index contributed by atoms with van der Waals surface area (Å²) in [5.41, 5.74) is 1.93. The molecule has 0 radical (unpaired) electrons. The molecule has 0 bridgehead atoms. The lowest BCUT2D eigenvalue weighted by molar-refractivity contribution is 0.455. The third-order valence-corrected chi connectivity index (χ3v) is 2.89. The maximum absolute atomic E-state index is 13.3.